The molecule has 1 aromatic heterocycles. The summed E-state index contributed by atoms with van der Waals surface area (Å²) < 4.78 is 1.97. The Morgan fingerprint density at radius 2 is 2.25 bits per heavy atom. The number of thioether (sulfide) groups is 1. The highest BCUT2D eigenvalue weighted by Crippen LogP contribution is 2.23. The zero-order chi connectivity index (χ0) is 12.0. The van der Waals surface area contributed by atoms with E-state index >= 15 is 0 Å². The molecule has 0 aliphatic heterocycles. The molecule has 0 aromatic carbocycles. The summed E-state index contributed by atoms with van der Waals surface area (Å²) in [6.45, 7) is 7.75. The molecule has 0 saturated heterocycles. The lowest BCUT2D eigenvalue weighted by Crippen LogP contribution is -2.36. The highest BCUT2D eigenvalue weighted by atomic mass is 32.2. The monoisotopic (exact) mass is 242 g/mol. The van der Waals surface area contributed by atoms with Crippen molar-refractivity contribution >= 4 is 11.8 Å². The van der Waals surface area contributed by atoms with Crippen molar-refractivity contribution < 1.29 is 0 Å². The minimum atomic E-state index is 0.513. The first-order chi connectivity index (χ1) is 7.69. The zero-order valence-corrected chi connectivity index (χ0v) is 11.4. The van der Waals surface area contributed by atoms with E-state index in [0.717, 1.165) is 18.1 Å². The van der Waals surface area contributed by atoms with E-state index in [4.69, 9.17) is 0 Å². The second kappa shape index (κ2) is 6.91. The Balaban J connectivity index is 2.49. The van der Waals surface area contributed by atoms with E-state index < -0.39 is 0 Å². The Labute approximate surface area is 102 Å². The van der Waals surface area contributed by atoms with Gasteiger partial charge < -0.3 is 9.88 Å². The fourth-order valence-corrected chi connectivity index (χ4v) is 2.69. The molecular weight excluding hydrogens is 220 g/mol. The standard InChI is InChI=1S/C11H22N4S/c1-5-7-12-10(6-2)9(3)16-11-14-13-8-15(11)4/h8-10,12H,5-7H2,1-4H3. The van der Waals surface area contributed by atoms with E-state index in [1.54, 1.807) is 18.1 Å². The molecule has 1 N–H and O–H groups in total. The van der Waals surface area contributed by atoms with Crippen LogP contribution in [0.2, 0.25) is 0 Å². The predicted molar refractivity (Wildman–Crippen MR) is 68.7 cm³/mol. The third-order valence-electron chi connectivity index (χ3n) is 2.62. The zero-order valence-electron chi connectivity index (χ0n) is 10.6. The van der Waals surface area contributed by atoms with Gasteiger partial charge in [0, 0.05) is 18.3 Å². The lowest BCUT2D eigenvalue weighted by molar-refractivity contribution is 0.493. The van der Waals surface area contributed by atoms with Crippen LogP contribution in [0.15, 0.2) is 11.5 Å². The van der Waals surface area contributed by atoms with Gasteiger partial charge in [-0.2, -0.15) is 0 Å². The van der Waals surface area contributed by atoms with E-state index in [1.807, 2.05) is 11.6 Å². The molecule has 2 atom stereocenters. The molecule has 0 amide bonds. The van der Waals surface area contributed by atoms with Crippen molar-refractivity contribution in [3.8, 4) is 0 Å². The Bertz CT molecular complexity index is 300. The molecule has 0 aliphatic rings. The molecule has 16 heavy (non-hydrogen) atoms. The number of aromatic nitrogens is 3. The number of nitrogens with zero attached hydrogens (tertiary/aromatic N) is 3. The summed E-state index contributed by atoms with van der Waals surface area (Å²) in [5, 5.41) is 13.1. The van der Waals surface area contributed by atoms with Crippen molar-refractivity contribution in [2.45, 2.75) is 50.1 Å². The number of hydrogen-bond donors (Lipinski definition) is 1. The average Bonchev–Trinajstić information content (AvgIpc) is 2.65. The number of nitrogens with one attached hydrogen (secondary N) is 1. The maximum Gasteiger partial charge on any atom is 0.191 e. The van der Waals surface area contributed by atoms with Gasteiger partial charge in [-0.3, -0.25) is 0 Å². The SMILES string of the molecule is CCCNC(CC)C(C)Sc1nncn1C. The Hall–Kier alpha value is -0.550. The highest BCUT2D eigenvalue weighted by Gasteiger charge is 2.17. The Kier molecular flexibility index (Phi) is 5.84. The van der Waals surface area contributed by atoms with Crippen molar-refractivity contribution in [3.05, 3.63) is 6.33 Å². The third-order valence-corrected chi connectivity index (χ3v) is 3.90. The first-order valence-corrected chi connectivity index (χ1v) is 6.81. The minimum Gasteiger partial charge on any atom is -0.313 e. The molecule has 2 unspecified atom stereocenters. The fourth-order valence-electron chi connectivity index (χ4n) is 1.60. The molecule has 0 radical (unpaired) electrons. The molecule has 1 heterocycles. The van der Waals surface area contributed by atoms with E-state index in [1.165, 1.54) is 6.42 Å². The molecule has 0 spiro atoms. The van der Waals surface area contributed by atoms with E-state index in [-0.39, 0.29) is 0 Å². The van der Waals surface area contributed by atoms with Crippen molar-refractivity contribution in [1.82, 2.24) is 20.1 Å². The molecule has 0 saturated carbocycles. The summed E-state index contributed by atoms with van der Waals surface area (Å²) >= 11 is 1.79. The summed E-state index contributed by atoms with van der Waals surface area (Å²) in [6.07, 6.45) is 4.07. The predicted octanol–water partition coefficient (Wildman–Crippen LogP) is 2.07. The third kappa shape index (κ3) is 3.79. The lowest BCUT2D eigenvalue weighted by Gasteiger charge is -2.22. The summed E-state index contributed by atoms with van der Waals surface area (Å²) in [5.41, 5.74) is 0. The fraction of sp³-hybridized carbons (Fsp3) is 0.818. The van der Waals surface area contributed by atoms with E-state index in [2.05, 4.69) is 36.3 Å². The van der Waals surface area contributed by atoms with E-state index in [0.29, 0.717) is 11.3 Å². The first-order valence-electron chi connectivity index (χ1n) is 5.93. The van der Waals surface area contributed by atoms with E-state index in [9.17, 15) is 0 Å². The highest BCUT2D eigenvalue weighted by molar-refractivity contribution is 7.99. The maximum atomic E-state index is 4.10. The van der Waals surface area contributed by atoms with Gasteiger partial charge >= 0.3 is 0 Å². The van der Waals surface area contributed by atoms with Crippen molar-refractivity contribution in [2.75, 3.05) is 6.54 Å². The topological polar surface area (TPSA) is 42.7 Å². The van der Waals surface area contributed by atoms with Crippen LogP contribution in [0.5, 0.6) is 0 Å². The van der Waals surface area contributed by atoms with Gasteiger partial charge in [-0.05, 0) is 19.4 Å². The van der Waals surface area contributed by atoms with Crippen molar-refractivity contribution in [1.29, 1.82) is 0 Å². The molecular formula is C11H22N4S. The molecule has 0 aliphatic carbocycles. The molecule has 92 valence electrons. The molecule has 1 rings (SSSR count). The lowest BCUT2D eigenvalue weighted by atomic mass is 10.1. The number of hydrogen-bond acceptors (Lipinski definition) is 4. The van der Waals surface area contributed by atoms with Gasteiger partial charge in [-0.15, -0.1) is 10.2 Å². The Morgan fingerprint density at radius 3 is 2.75 bits per heavy atom. The summed E-state index contributed by atoms with van der Waals surface area (Å²) in [4.78, 5) is 0. The molecule has 0 fully saturated rings. The van der Waals surface area contributed by atoms with Crippen LogP contribution in [0, 0.1) is 0 Å². The van der Waals surface area contributed by atoms with Gasteiger partial charge in [0.2, 0.25) is 0 Å². The van der Waals surface area contributed by atoms with Crippen LogP contribution in [-0.2, 0) is 7.05 Å². The molecule has 5 heteroatoms. The van der Waals surface area contributed by atoms with Gasteiger partial charge in [0.15, 0.2) is 5.16 Å². The summed E-state index contributed by atoms with van der Waals surface area (Å²) in [6, 6.07) is 0.543. The molecule has 0 bridgehead atoms. The van der Waals surface area contributed by atoms with Crippen molar-refractivity contribution in [3.63, 3.8) is 0 Å². The maximum absolute atomic E-state index is 4.10. The van der Waals surface area contributed by atoms with Crippen molar-refractivity contribution in [2.24, 2.45) is 7.05 Å². The summed E-state index contributed by atoms with van der Waals surface area (Å²) in [7, 11) is 1.98. The molecule has 4 nitrogen and oxygen atoms in total. The largest absolute Gasteiger partial charge is 0.313 e. The number of rotatable bonds is 7. The normalized spacial score (nSPS) is 15.0. The second-order valence-corrected chi connectivity index (χ2v) is 5.36. The van der Waals surface area contributed by atoms with Crippen LogP contribution in [0.3, 0.4) is 0 Å². The Morgan fingerprint density at radius 1 is 1.50 bits per heavy atom. The molecule has 1 aromatic rings. The smallest absolute Gasteiger partial charge is 0.191 e. The van der Waals surface area contributed by atoms with Gasteiger partial charge in [0.05, 0.1) is 0 Å². The second-order valence-electron chi connectivity index (χ2n) is 4.02. The van der Waals surface area contributed by atoms with Crippen LogP contribution in [-0.4, -0.2) is 32.6 Å². The van der Waals surface area contributed by atoms with Gasteiger partial charge in [0.25, 0.3) is 0 Å². The quantitative estimate of drug-likeness (QED) is 0.743. The van der Waals surface area contributed by atoms with Crippen LogP contribution >= 0.6 is 11.8 Å². The minimum absolute atomic E-state index is 0.513. The van der Waals surface area contributed by atoms with Crippen LogP contribution in [0.1, 0.15) is 33.6 Å². The first kappa shape index (κ1) is 13.5. The van der Waals surface area contributed by atoms with Crippen LogP contribution in [0.25, 0.3) is 0 Å². The van der Waals surface area contributed by atoms with Crippen LogP contribution < -0.4 is 5.32 Å². The van der Waals surface area contributed by atoms with Gasteiger partial charge in [0.1, 0.15) is 6.33 Å². The summed E-state index contributed by atoms with van der Waals surface area (Å²) in [5.74, 6) is 0. The van der Waals surface area contributed by atoms with Crippen LogP contribution in [0.4, 0.5) is 0 Å². The number of aryl methyl sites for hydroxylation is 1. The van der Waals surface area contributed by atoms with Gasteiger partial charge in [-0.25, -0.2) is 0 Å². The van der Waals surface area contributed by atoms with Gasteiger partial charge in [-0.1, -0.05) is 32.5 Å². The average molecular weight is 242 g/mol.